The van der Waals surface area contributed by atoms with Crippen molar-refractivity contribution in [3.63, 3.8) is 0 Å². The highest BCUT2D eigenvalue weighted by atomic mass is 16.5. The van der Waals surface area contributed by atoms with E-state index in [2.05, 4.69) is 20.7 Å². The van der Waals surface area contributed by atoms with Crippen molar-refractivity contribution in [2.45, 2.75) is 6.92 Å². The highest BCUT2D eigenvalue weighted by molar-refractivity contribution is 5.88. The Bertz CT molecular complexity index is 843. The number of amides is 2. The highest BCUT2D eigenvalue weighted by Crippen LogP contribution is 2.22. The average molecular weight is 311 g/mol. The van der Waals surface area contributed by atoms with E-state index in [9.17, 15) is 4.79 Å². The molecular formula is C16H17N5O2. The first kappa shape index (κ1) is 14.8. The van der Waals surface area contributed by atoms with Gasteiger partial charge in [-0.25, -0.2) is 14.3 Å². The number of carbonyl (C=O) groups excluding carboxylic acids is 1. The number of imidazole rings is 1. The molecule has 0 fully saturated rings. The van der Waals surface area contributed by atoms with Crippen LogP contribution in [0, 0.1) is 0 Å². The van der Waals surface area contributed by atoms with E-state index in [0.29, 0.717) is 18.0 Å². The van der Waals surface area contributed by atoms with Crippen LogP contribution in [0.2, 0.25) is 0 Å². The van der Waals surface area contributed by atoms with Gasteiger partial charge >= 0.3 is 6.03 Å². The first-order valence-corrected chi connectivity index (χ1v) is 7.25. The van der Waals surface area contributed by atoms with Gasteiger partial charge in [-0.1, -0.05) is 12.1 Å². The van der Waals surface area contributed by atoms with E-state index in [1.165, 1.54) is 0 Å². The standard InChI is InChI=1S/C16H17N5O2/c1-3-17-16(22)19-14-10-21-15(18-14)8-7-13(20-21)11-5-4-6-12(9-11)23-2/h4-10H,3H2,1-2H3,(H2,17,19,22). The molecular weight excluding hydrogens is 294 g/mol. The summed E-state index contributed by atoms with van der Waals surface area (Å²) in [6.07, 6.45) is 1.67. The maximum Gasteiger partial charge on any atom is 0.320 e. The molecule has 7 nitrogen and oxygen atoms in total. The third-order valence-electron chi connectivity index (χ3n) is 3.26. The number of hydrogen-bond acceptors (Lipinski definition) is 4. The zero-order valence-corrected chi connectivity index (χ0v) is 12.9. The number of fused-ring (bicyclic) bond motifs is 1. The predicted molar refractivity (Wildman–Crippen MR) is 87.7 cm³/mol. The van der Waals surface area contributed by atoms with Gasteiger partial charge in [-0.3, -0.25) is 5.32 Å². The summed E-state index contributed by atoms with van der Waals surface area (Å²) in [6.45, 7) is 2.41. The molecule has 2 amide bonds. The Balaban J connectivity index is 1.91. The van der Waals surface area contributed by atoms with Crippen molar-refractivity contribution in [3.8, 4) is 17.0 Å². The molecule has 0 saturated heterocycles. The highest BCUT2D eigenvalue weighted by Gasteiger charge is 2.08. The lowest BCUT2D eigenvalue weighted by molar-refractivity contribution is 0.252. The van der Waals surface area contributed by atoms with Crippen molar-refractivity contribution in [1.29, 1.82) is 0 Å². The number of rotatable bonds is 4. The van der Waals surface area contributed by atoms with Gasteiger partial charge < -0.3 is 10.1 Å². The van der Waals surface area contributed by atoms with Gasteiger partial charge in [0.1, 0.15) is 5.75 Å². The van der Waals surface area contributed by atoms with Gasteiger partial charge in [-0.2, -0.15) is 5.10 Å². The van der Waals surface area contributed by atoms with Gasteiger partial charge in [0.15, 0.2) is 11.5 Å². The van der Waals surface area contributed by atoms with Gasteiger partial charge in [0.05, 0.1) is 19.0 Å². The summed E-state index contributed by atoms with van der Waals surface area (Å²) in [5.74, 6) is 1.22. The molecule has 1 aromatic carbocycles. The second kappa shape index (κ2) is 6.35. The molecule has 0 bridgehead atoms. The molecule has 0 spiro atoms. The number of urea groups is 1. The van der Waals surface area contributed by atoms with Crippen LogP contribution >= 0.6 is 0 Å². The molecule has 7 heteroatoms. The van der Waals surface area contributed by atoms with Gasteiger partial charge in [-0.15, -0.1) is 0 Å². The molecule has 0 saturated carbocycles. The van der Waals surface area contributed by atoms with E-state index in [-0.39, 0.29) is 6.03 Å². The SMILES string of the molecule is CCNC(=O)Nc1cn2nc(-c3cccc(OC)c3)ccc2n1. The second-order valence-corrected chi connectivity index (χ2v) is 4.86. The third-order valence-corrected chi connectivity index (χ3v) is 3.26. The summed E-state index contributed by atoms with van der Waals surface area (Å²) in [5, 5.41) is 9.84. The van der Waals surface area contributed by atoms with Crippen LogP contribution in [-0.2, 0) is 0 Å². The van der Waals surface area contributed by atoms with Crippen LogP contribution in [0.5, 0.6) is 5.75 Å². The Morgan fingerprint density at radius 3 is 2.96 bits per heavy atom. The molecule has 118 valence electrons. The van der Waals surface area contributed by atoms with Crippen LogP contribution < -0.4 is 15.4 Å². The van der Waals surface area contributed by atoms with Crippen LogP contribution in [-0.4, -0.2) is 34.3 Å². The molecule has 3 aromatic rings. The Labute approximate surface area is 133 Å². The van der Waals surface area contributed by atoms with E-state index in [1.54, 1.807) is 17.8 Å². The minimum absolute atomic E-state index is 0.288. The zero-order valence-electron chi connectivity index (χ0n) is 12.9. The lowest BCUT2D eigenvalue weighted by Crippen LogP contribution is -2.28. The van der Waals surface area contributed by atoms with E-state index in [1.807, 2.05) is 43.3 Å². The summed E-state index contributed by atoms with van der Waals surface area (Å²) in [6, 6.07) is 11.1. The first-order chi connectivity index (χ1) is 11.2. The smallest absolute Gasteiger partial charge is 0.320 e. The third kappa shape index (κ3) is 3.23. The zero-order chi connectivity index (χ0) is 16.2. The van der Waals surface area contributed by atoms with Gasteiger partial charge in [-0.05, 0) is 31.2 Å². The van der Waals surface area contributed by atoms with Crippen LogP contribution in [0.1, 0.15) is 6.92 Å². The van der Waals surface area contributed by atoms with Crippen molar-refractivity contribution in [3.05, 3.63) is 42.6 Å². The molecule has 2 aromatic heterocycles. The minimum atomic E-state index is -0.288. The maximum atomic E-state index is 11.5. The van der Waals surface area contributed by atoms with Crippen molar-refractivity contribution in [2.75, 3.05) is 19.0 Å². The largest absolute Gasteiger partial charge is 0.497 e. The molecule has 0 aliphatic heterocycles. The summed E-state index contributed by atoms with van der Waals surface area (Å²) >= 11 is 0. The van der Waals surface area contributed by atoms with E-state index in [0.717, 1.165) is 17.0 Å². The normalized spacial score (nSPS) is 10.5. The number of nitrogens with one attached hydrogen (secondary N) is 2. The number of nitrogens with zero attached hydrogens (tertiary/aromatic N) is 3. The van der Waals surface area contributed by atoms with Crippen LogP contribution in [0.4, 0.5) is 10.6 Å². The van der Waals surface area contributed by atoms with E-state index < -0.39 is 0 Å². The van der Waals surface area contributed by atoms with Crippen molar-refractivity contribution >= 4 is 17.5 Å². The van der Waals surface area contributed by atoms with Gasteiger partial charge in [0.25, 0.3) is 0 Å². The number of hydrogen-bond donors (Lipinski definition) is 2. The Hall–Kier alpha value is -3.09. The number of benzene rings is 1. The molecule has 3 rings (SSSR count). The Morgan fingerprint density at radius 2 is 2.17 bits per heavy atom. The monoisotopic (exact) mass is 311 g/mol. The Kier molecular flexibility index (Phi) is 4.09. The van der Waals surface area contributed by atoms with Gasteiger partial charge in [0, 0.05) is 12.1 Å². The number of carbonyl (C=O) groups is 1. The summed E-state index contributed by atoms with van der Waals surface area (Å²) < 4.78 is 6.87. The number of ether oxygens (including phenoxy) is 1. The molecule has 2 N–H and O–H groups in total. The van der Waals surface area contributed by atoms with Gasteiger partial charge in [0.2, 0.25) is 0 Å². The van der Waals surface area contributed by atoms with Crippen LogP contribution in [0.3, 0.4) is 0 Å². The molecule has 0 radical (unpaired) electrons. The number of methoxy groups -OCH3 is 1. The molecule has 2 heterocycles. The first-order valence-electron chi connectivity index (χ1n) is 7.25. The summed E-state index contributed by atoms with van der Waals surface area (Å²) in [4.78, 5) is 15.8. The summed E-state index contributed by atoms with van der Waals surface area (Å²) in [7, 11) is 1.63. The fourth-order valence-electron chi connectivity index (χ4n) is 2.20. The minimum Gasteiger partial charge on any atom is -0.497 e. The lowest BCUT2D eigenvalue weighted by Gasteiger charge is -2.04. The average Bonchev–Trinajstić information content (AvgIpc) is 2.96. The number of anilines is 1. The second-order valence-electron chi connectivity index (χ2n) is 4.86. The number of aromatic nitrogens is 3. The molecule has 23 heavy (non-hydrogen) atoms. The van der Waals surface area contributed by atoms with E-state index in [4.69, 9.17) is 4.74 Å². The summed E-state index contributed by atoms with van der Waals surface area (Å²) in [5.41, 5.74) is 2.39. The molecule has 0 atom stereocenters. The lowest BCUT2D eigenvalue weighted by atomic mass is 10.1. The maximum absolute atomic E-state index is 11.5. The van der Waals surface area contributed by atoms with Crippen LogP contribution in [0.15, 0.2) is 42.6 Å². The van der Waals surface area contributed by atoms with E-state index >= 15 is 0 Å². The predicted octanol–water partition coefficient (Wildman–Crippen LogP) is 2.55. The topological polar surface area (TPSA) is 80.6 Å². The molecule has 0 aliphatic rings. The molecule has 0 aliphatic carbocycles. The quantitative estimate of drug-likeness (QED) is 0.776. The van der Waals surface area contributed by atoms with Crippen molar-refractivity contribution in [2.24, 2.45) is 0 Å². The van der Waals surface area contributed by atoms with Crippen molar-refractivity contribution in [1.82, 2.24) is 19.9 Å². The molecule has 0 unspecified atom stereocenters. The Morgan fingerprint density at radius 1 is 1.30 bits per heavy atom. The van der Waals surface area contributed by atoms with Crippen molar-refractivity contribution < 1.29 is 9.53 Å². The van der Waals surface area contributed by atoms with Crippen LogP contribution in [0.25, 0.3) is 16.9 Å². The fraction of sp³-hybridized carbons (Fsp3) is 0.188. The fourth-order valence-corrected chi connectivity index (χ4v) is 2.20.